The molecule has 0 amide bonds. The fourth-order valence-corrected chi connectivity index (χ4v) is 2.09. The second-order valence-corrected chi connectivity index (χ2v) is 4.75. The molecule has 17 heavy (non-hydrogen) atoms. The highest BCUT2D eigenvalue weighted by atomic mass is 16.3. The molecule has 0 radical (unpaired) electrons. The maximum absolute atomic E-state index is 10.1. The van der Waals surface area contributed by atoms with E-state index in [4.69, 9.17) is 5.73 Å². The van der Waals surface area contributed by atoms with Crippen molar-refractivity contribution in [1.82, 2.24) is 4.90 Å². The number of nitrogen functional groups attached to an aromatic ring is 1. The minimum absolute atomic E-state index is 0.453. The molecule has 92 valence electrons. The lowest BCUT2D eigenvalue weighted by Crippen LogP contribution is -2.32. The zero-order chi connectivity index (χ0) is 12.3. The third-order valence-corrected chi connectivity index (χ3v) is 3.25. The standard InChI is InChI=1S/C14H20N2O/c1-11-5-7-16(8-6-11)10-14(17)12-3-2-4-13(15)9-12/h2-5,9,14,17H,6-8,10,15H2,1H3. The SMILES string of the molecule is CC1=CCN(CC(O)c2cccc(N)c2)CC1. The predicted octanol–water partition coefficient (Wildman–Crippen LogP) is 1.95. The van der Waals surface area contributed by atoms with Crippen molar-refractivity contribution in [3.05, 3.63) is 41.5 Å². The van der Waals surface area contributed by atoms with Crippen LogP contribution in [0.3, 0.4) is 0 Å². The molecule has 3 N–H and O–H groups in total. The number of β-amino-alcohol motifs (C(OH)–C–C–N with tert-alkyl or cyclic N) is 1. The second kappa shape index (κ2) is 5.34. The van der Waals surface area contributed by atoms with Gasteiger partial charge in [-0.2, -0.15) is 0 Å². The lowest BCUT2D eigenvalue weighted by atomic mass is 10.1. The Morgan fingerprint density at radius 3 is 2.94 bits per heavy atom. The fourth-order valence-electron chi connectivity index (χ4n) is 2.09. The summed E-state index contributed by atoms with van der Waals surface area (Å²) in [5.41, 5.74) is 8.76. The Labute approximate surface area is 103 Å². The second-order valence-electron chi connectivity index (χ2n) is 4.75. The molecule has 0 fully saturated rings. The summed E-state index contributed by atoms with van der Waals surface area (Å²) in [4.78, 5) is 2.26. The van der Waals surface area contributed by atoms with E-state index in [9.17, 15) is 5.11 Å². The molecule has 1 aromatic rings. The molecule has 0 bridgehead atoms. The Kier molecular flexibility index (Phi) is 3.82. The number of nitrogens with zero attached hydrogens (tertiary/aromatic N) is 1. The quantitative estimate of drug-likeness (QED) is 0.618. The summed E-state index contributed by atoms with van der Waals surface area (Å²) in [7, 11) is 0. The molecule has 3 heteroatoms. The smallest absolute Gasteiger partial charge is 0.0917 e. The van der Waals surface area contributed by atoms with Gasteiger partial charge in [0.15, 0.2) is 0 Å². The van der Waals surface area contributed by atoms with Gasteiger partial charge < -0.3 is 10.8 Å². The van der Waals surface area contributed by atoms with E-state index < -0.39 is 6.10 Å². The van der Waals surface area contributed by atoms with E-state index in [0.717, 1.165) is 25.1 Å². The van der Waals surface area contributed by atoms with Crippen molar-refractivity contribution in [3.8, 4) is 0 Å². The zero-order valence-corrected chi connectivity index (χ0v) is 10.3. The van der Waals surface area contributed by atoms with Crippen LogP contribution in [0.4, 0.5) is 5.69 Å². The molecule has 2 rings (SSSR count). The summed E-state index contributed by atoms with van der Waals surface area (Å²) in [5.74, 6) is 0. The average molecular weight is 232 g/mol. The van der Waals surface area contributed by atoms with Gasteiger partial charge in [-0.3, -0.25) is 4.90 Å². The first-order chi connectivity index (χ1) is 8.15. The van der Waals surface area contributed by atoms with Gasteiger partial charge in [0, 0.05) is 25.3 Å². The van der Waals surface area contributed by atoms with Crippen molar-refractivity contribution in [1.29, 1.82) is 0 Å². The summed E-state index contributed by atoms with van der Waals surface area (Å²) >= 11 is 0. The number of hydrogen-bond donors (Lipinski definition) is 2. The summed E-state index contributed by atoms with van der Waals surface area (Å²) in [5, 5.41) is 10.1. The minimum Gasteiger partial charge on any atom is -0.399 e. The number of aliphatic hydroxyl groups excluding tert-OH is 1. The van der Waals surface area contributed by atoms with Gasteiger partial charge >= 0.3 is 0 Å². The third kappa shape index (κ3) is 3.32. The minimum atomic E-state index is -0.453. The van der Waals surface area contributed by atoms with Gasteiger partial charge in [0.1, 0.15) is 0 Å². The molecule has 1 atom stereocenters. The molecule has 0 aliphatic carbocycles. The van der Waals surface area contributed by atoms with Crippen LogP contribution in [0.15, 0.2) is 35.9 Å². The first kappa shape index (κ1) is 12.1. The summed E-state index contributed by atoms with van der Waals surface area (Å²) < 4.78 is 0. The topological polar surface area (TPSA) is 49.5 Å². The van der Waals surface area contributed by atoms with Gasteiger partial charge in [-0.1, -0.05) is 23.8 Å². The van der Waals surface area contributed by atoms with Crippen LogP contribution in [0.25, 0.3) is 0 Å². The Morgan fingerprint density at radius 1 is 1.47 bits per heavy atom. The zero-order valence-electron chi connectivity index (χ0n) is 10.3. The van der Waals surface area contributed by atoms with E-state index in [1.807, 2.05) is 24.3 Å². The van der Waals surface area contributed by atoms with Gasteiger partial charge in [0.25, 0.3) is 0 Å². The normalized spacial score (nSPS) is 18.8. The van der Waals surface area contributed by atoms with E-state index in [1.165, 1.54) is 5.57 Å². The Balaban J connectivity index is 1.95. The van der Waals surface area contributed by atoms with E-state index in [-0.39, 0.29) is 0 Å². The Morgan fingerprint density at radius 2 is 2.29 bits per heavy atom. The molecule has 0 saturated carbocycles. The predicted molar refractivity (Wildman–Crippen MR) is 70.6 cm³/mol. The van der Waals surface area contributed by atoms with Crippen LogP contribution in [-0.2, 0) is 0 Å². The number of nitrogens with two attached hydrogens (primary N) is 1. The van der Waals surface area contributed by atoms with Gasteiger partial charge in [-0.25, -0.2) is 0 Å². The van der Waals surface area contributed by atoms with Crippen LogP contribution in [0, 0.1) is 0 Å². The molecule has 0 saturated heterocycles. The lowest BCUT2D eigenvalue weighted by Gasteiger charge is -2.27. The maximum Gasteiger partial charge on any atom is 0.0917 e. The van der Waals surface area contributed by atoms with E-state index >= 15 is 0 Å². The Hall–Kier alpha value is -1.32. The summed E-state index contributed by atoms with van der Waals surface area (Å²) in [6.07, 6.45) is 2.88. The number of rotatable bonds is 3. The van der Waals surface area contributed by atoms with E-state index in [1.54, 1.807) is 0 Å². The summed E-state index contributed by atoms with van der Waals surface area (Å²) in [6, 6.07) is 7.49. The average Bonchev–Trinajstić information content (AvgIpc) is 2.32. The Bertz CT molecular complexity index is 414. The first-order valence-corrected chi connectivity index (χ1v) is 6.06. The van der Waals surface area contributed by atoms with E-state index in [0.29, 0.717) is 12.2 Å². The summed E-state index contributed by atoms with van der Waals surface area (Å²) in [6.45, 7) is 4.80. The van der Waals surface area contributed by atoms with Crippen LogP contribution >= 0.6 is 0 Å². The molecule has 3 nitrogen and oxygen atoms in total. The number of benzene rings is 1. The molecular formula is C14H20N2O. The lowest BCUT2D eigenvalue weighted by molar-refractivity contribution is 0.117. The number of anilines is 1. The molecule has 1 aromatic carbocycles. The number of aliphatic hydroxyl groups is 1. The monoisotopic (exact) mass is 232 g/mol. The van der Waals surface area contributed by atoms with Crippen molar-refractivity contribution in [2.45, 2.75) is 19.4 Å². The van der Waals surface area contributed by atoms with Crippen LogP contribution in [0.2, 0.25) is 0 Å². The van der Waals surface area contributed by atoms with Gasteiger partial charge in [0.05, 0.1) is 6.10 Å². The van der Waals surface area contributed by atoms with Crippen molar-refractivity contribution in [2.75, 3.05) is 25.4 Å². The molecule has 0 spiro atoms. The largest absolute Gasteiger partial charge is 0.399 e. The molecule has 1 aliphatic heterocycles. The molecule has 0 aromatic heterocycles. The third-order valence-electron chi connectivity index (χ3n) is 3.25. The highest BCUT2D eigenvalue weighted by Crippen LogP contribution is 2.19. The van der Waals surface area contributed by atoms with Crippen LogP contribution in [0.5, 0.6) is 0 Å². The van der Waals surface area contributed by atoms with Crippen molar-refractivity contribution >= 4 is 5.69 Å². The van der Waals surface area contributed by atoms with Gasteiger partial charge in [-0.15, -0.1) is 0 Å². The van der Waals surface area contributed by atoms with Crippen molar-refractivity contribution < 1.29 is 5.11 Å². The molecule has 1 heterocycles. The highest BCUT2D eigenvalue weighted by molar-refractivity contribution is 5.41. The van der Waals surface area contributed by atoms with Gasteiger partial charge in [0.2, 0.25) is 0 Å². The van der Waals surface area contributed by atoms with Crippen LogP contribution < -0.4 is 5.73 Å². The first-order valence-electron chi connectivity index (χ1n) is 6.06. The molecule has 1 unspecified atom stereocenters. The molecule has 1 aliphatic rings. The van der Waals surface area contributed by atoms with E-state index in [2.05, 4.69) is 17.9 Å². The molecular weight excluding hydrogens is 212 g/mol. The van der Waals surface area contributed by atoms with Crippen molar-refractivity contribution in [2.24, 2.45) is 0 Å². The van der Waals surface area contributed by atoms with Crippen LogP contribution in [0.1, 0.15) is 25.0 Å². The number of hydrogen-bond acceptors (Lipinski definition) is 3. The highest BCUT2D eigenvalue weighted by Gasteiger charge is 2.15. The van der Waals surface area contributed by atoms with Gasteiger partial charge in [-0.05, 0) is 31.0 Å². The maximum atomic E-state index is 10.1. The van der Waals surface area contributed by atoms with Crippen molar-refractivity contribution in [3.63, 3.8) is 0 Å². The van der Waals surface area contributed by atoms with Crippen LogP contribution in [-0.4, -0.2) is 29.6 Å². The fraction of sp³-hybridized carbons (Fsp3) is 0.429.